The zero-order valence-electron chi connectivity index (χ0n) is 19.2. The smallest absolute Gasteiger partial charge is 0.407 e. The van der Waals surface area contributed by atoms with E-state index >= 15 is 0 Å². The molecule has 0 radical (unpaired) electrons. The lowest BCUT2D eigenvalue weighted by Crippen LogP contribution is -2.50. The standard InChI is InChI=1S/C26H30N2O6/c1-2-28(14-7-12-23(29)30)25(31)24-22(13-15-33-24)27-26(32)34-16-21-19-10-5-3-8-17(19)18-9-4-6-11-20(18)21/h3-6,8-11,21-22,24H,2,7,12-16H2,1H3,(H,27,32)(H,29,30)/t22-,24+/m1/s1. The largest absolute Gasteiger partial charge is 0.481 e. The Balaban J connectivity index is 1.35. The van der Waals surface area contributed by atoms with E-state index in [2.05, 4.69) is 29.6 Å². The third-order valence-electron chi connectivity index (χ3n) is 6.49. The minimum absolute atomic E-state index is 0.00324. The molecule has 0 aromatic heterocycles. The summed E-state index contributed by atoms with van der Waals surface area (Å²) in [6, 6.07) is 15.8. The predicted octanol–water partition coefficient (Wildman–Crippen LogP) is 3.40. The summed E-state index contributed by atoms with van der Waals surface area (Å²) in [5.74, 6) is -1.18. The first-order valence-corrected chi connectivity index (χ1v) is 11.7. The molecule has 1 saturated heterocycles. The van der Waals surface area contributed by atoms with E-state index in [0.29, 0.717) is 32.5 Å². The Bertz CT molecular complexity index is 1010. The predicted molar refractivity (Wildman–Crippen MR) is 125 cm³/mol. The first-order chi connectivity index (χ1) is 16.5. The topological polar surface area (TPSA) is 105 Å². The van der Waals surface area contributed by atoms with Crippen LogP contribution in [0.1, 0.15) is 43.2 Å². The highest BCUT2D eigenvalue weighted by atomic mass is 16.6. The zero-order valence-corrected chi connectivity index (χ0v) is 19.2. The third kappa shape index (κ3) is 5.07. The molecule has 180 valence electrons. The SMILES string of the molecule is CCN(CCCC(=O)O)C(=O)[C@H]1OCC[C@H]1NC(=O)OCC1c2ccccc2-c2ccccc21. The van der Waals surface area contributed by atoms with Gasteiger partial charge in [-0.2, -0.15) is 0 Å². The van der Waals surface area contributed by atoms with Crippen molar-refractivity contribution >= 4 is 18.0 Å². The summed E-state index contributed by atoms with van der Waals surface area (Å²) in [5.41, 5.74) is 4.58. The van der Waals surface area contributed by atoms with Crippen molar-refractivity contribution in [2.45, 2.75) is 44.2 Å². The number of fused-ring (bicyclic) bond motifs is 3. The molecule has 0 unspecified atom stereocenters. The molecule has 1 fully saturated rings. The van der Waals surface area contributed by atoms with E-state index in [1.54, 1.807) is 4.90 Å². The fourth-order valence-corrected chi connectivity index (χ4v) is 4.80. The van der Waals surface area contributed by atoms with Gasteiger partial charge in [0.15, 0.2) is 6.10 Å². The number of likely N-dealkylation sites (N-methyl/N-ethyl adjacent to an activating group) is 1. The van der Waals surface area contributed by atoms with Gasteiger partial charge in [-0.1, -0.05) is 48.5 Å². The second-order valence-electron chi connectivity index (χ2n) is 8.57. The van der Waals surface area contributed by atoms with Gasteiger partial charge in [0.1, 0.15) is 6.61 Å². The Morgan fingerprint density at radius 3 is 2.35 bits per heavy atom. The highest BCUT2D eigenvalue weighted by Gasteiger charge is 2.38. The van der Waals surface area contributed by atoms with Crippen LogP contribution in [0, 0.1) is 0 Å². The van der Waals surface area contributed by atoms with Crippen LogP contribution >= 0.6 is 0 Å². The molecule has 2 atom stereocenters. The second kappa shape index (κ2) is 10.7. The van der Waals surface area contributed by atoms with Crippen LogP contribution < -0.4 is 5.32 Å². The molecule has 2 aromatic rings. The Kier molecular flexibility index (Phi) is 7.47. The molecule has 8 heteroatoms. The summed E-state index contributed by atoms with van der Waals surface area (Å²) in [4.78, 5) is 37.9. The van der Waals surface area contributed by atoms with Crippen LogP contribution in [0.25, 0.3) is 11.1 Å². The van der Waals surface area contributed by atoms with Gasteiger partial charge >= 0.3 is 12.1 Å². The van der Waals surface area contributed by atoms with Crippen LogP contribution in [-0.2, 0) is 19.1 Å². The van der Waals surface area contributed by atoms with Gasteiger partial charge in [0.05, 0.1) is 6.04 Å². The number of hydrogen-bond donors (Lipinski definition) is 2. The average molecular weight is 467 g/mol. The normalized spacial score (nSPS) is 18.7. The van der Waals surface area contributed by atoms with Gasteiger partial charge in [0.25, 0.3) is 5.91 Å². The van der Waals surface area contributed by atoms with Gasteiger partial charge in [-0.25, -0.2) is 4.79 Å². The van der Waals surface area contributed by atoms with Crippen LogP contribution in [-0.4, -0.2) is 66.4 Å². The number of alkyl carbamates (subject to hydrolysis) is 1. The number of rotatable bonds is 9. The number of carboxylic acids is 1. The highest BCUT2D eigenvalue weighted by Crippen LogP contribution is 2.44. The number of amides is 2. The molecule has 1 aliphatic carbocycles. The molecule has 4 rings (SSSR count). The molecule has 8 nitrogen and oxygen atoms in total. The lowest BCUT2D eigenvalue weighted by molar-refractivity contribution is -0.142. The van der Waals surface area contributed by atoms with Crippen molar-refractivity contribution in [3.63, 3.8) is 0 Å². The van der Waals surface area contributed by atoms with E-state index in [1.165, 1.54) is 0 Å². The fraction of sp³-hybridized carbons (Fsp3) is 0.423. The van der Waals surface area contributed by atoms with Crippen molar-refractivity contribution < 1.29 is 29.0 Å². The van der Waals surface area contributed by atoms with Gasteiger partial charge in [0, 0.05) is 32.0 Å². The summed E-state index contributed by atoms with van der Waals surface area (Å²) >= 11 is 0. The van der Waals surface area contributed by atoms with Gasteiger partial charge in [-0.05, 0) is 42.0 Å². The third-order valence-corrected chi connectivity index (χ3v) is 6.49. The first-order valence-electron chi connectivity index (χ1n) is 11.7. The molecular formula is C26H30N2O6. The molecule has 0 spiro atoms. The van der Waals surface area contributed by atoms with E-state index in [9.17, 15) is 14.4 Å². The van der Waals surface area contributed by atoms with E-state index in [1.807, 2.05) is 31.2 Å². The number of benzene rings is 2. The minimum atomic E-state index is -0.893. The summed E-state index contributed by atoms with van der Waals surface area (Å²) in [5, 5.41) is 11.6. The van der Waals surface area contributed by atoms with Crippen molar-refractivity contribution in [1.29, 1.82) is 0 Å². The van der Waals surface area contributed by atoms with Crippen LogP contribution in [0.5, 0.6) is 0 Å². The maximum atomic E-state index is 12.9. The van der Waals surface area contributed by atoms with Gasteiger partial charge < -0.3 is 24.8 Å². The van der Waals surface area contributed by atoms with Gasteiger partial charge in [0.2, 0.25) is 0 Å². The van der Waals surface area contributed by atoms with Crippen LogP contribution in [0.4, 0.5) is 4.79 Å². The maximum Gasteiger partial charge on any atom is 0.407 e. The number of hydrogen-bond acceptors (Lipinski definition) is 5. The van der Waals surface area contributed by atoms with Crippen molar-refractivity contribution in [3.8, 4) is 11.1 Å². The molecule has 34 heavy (non-hydrogen) atoms. The van der Waals surface area contributed by atoms with Crippen molar-refractivity contribution in [2.75, 3.05) is 26.3 Å². The maximum absolute atomic E-state index is 12.9. The van der Waals surface area contributed by atoms with Gasteiger partial charge in [-0.15, -0.1) is 0 Å². The number of nitrogens with one attached hydrogen (secondary N) is 1. The van der Waals surface area contributed by atoms with Gasteiger partial charge in [-0.3, -0.25) is 9.59 Å². The Labute approximate surface area is 198 Å². The summed E-state index contributed by atoms with van der Waals surface area (Å²) in [6.45, 7) is 3.16. The Hall–Kier alpha value is -3.39. The number of aliphatic carboxylic acids is 1. The summed E-state index contributed by atoms with van der Waals surface area (Å²) in [7, 11) is 0. The Morgan fingerprint density at radius 1 is 1.09 bits per heavy atom. The summed E-state index contributed by atoms with van der Waals surface area (Å²) < 4.78 is 11.2. The lowest BCUT2D eigenvalue weighted by atomic mass is 9.98. The lowest BCUT2D eigenvalue weighted by Gasteiger charge is -2.27. The molecule has 0 bridgehead atoms. The van der Waals surface area contributed by atoms with Crippen molar-refractivity contribution in [1.82, 2.24) is 10.2 Å². The number of nitrogens with zero attached hydrogens (tertiary/aromatic N) is 1. The van der Waals surface area contributed by atoms with E-state index in [4.69, 9.17) is 14.6 Å². The average Bonchev–Trinajstić information content (AvgIpc) is 3.42. The molecule has 2 aromatic carbocycles. The minimum Gasteiger partial charge on any atom is -0.481 e. The Morgan fingerprint density at radius 2 is 1.74 bits per heavy atom. The highest BCUT2D eigenvalue weighted by molar-refractivity contribution is 5.83. The fourth-order valence-electron chi connectivity index (χ4n) is 4.80. The monoisotopic (exact) mass is 466 g/mol. The van der Waals surface area contributed by atoms with E-state index < -0.39 is 24.2 Å². The zero-order chi connectivity index (χ0) is 24.1. The van der Waals surface area contributed by atoms with E-state index in [0.717, 1.165) is 22.3 Å². The van der Waals surface area contributed by atoms with Crippen molar-refractivity contribution in [2.24, 2.45) is 0 Å². The van der Waals surface area contributed by atoms with E-state index in [-0.39, 0.29) is 24.9 Å². The number of carbonyl (C=O) groups excluding carboxylic acids is 2. The first kappa shape index (κ1) is 23.8. The summed E-state index contributed by atoms with van der Waals surface area (Å²) in [6.07, 6.45) is -0.509. The number of ether oxygens (including phenoxy) is 2. The molecule has 2 N–H and O–H groups in total. The molecular weight excluding hydrogens is 436 g/mol. The molecule has 1 heterocycles. The molecule has 2 aliphatic rings. The molecule has 2 amide bonds. The second-order valence-corrected chi connectivity index (χ2v) is 8.57. The van der Waals surface area contributed by atoms with Crippen molar-refractivity contribution in [3.05, 3.63) is 59.7 Å². The quantitative estimate of drug-likeness (QED) is 0.587. The van der Waals surface area contributed by atoms with Crippen LogP contribution in [0.3, 0.4) is 0 Å². The molecule has 1 aliphatic heterocycles. The number of carboxylic acid groups (broad SMARTS) is 1. The van der Waals surface area contributed by atoms with Crippen LogP contribution in [0.2, 0.25) is 0 Å². The molecule has 0 saturated carbocycles. The number of carbonyl (C=O) groups is 3. The van der Waals surface area contributed by atoms with Crippen LogP contribution in [0.15, 0.2) is 48.5 Å².